The van der Waals surface area contributed by atoms with Crippen LogP contribution >= 0.6 is 11.3 Å². The molecule has 1 N–H and O–H groups in total. The molecule has 2 aromatic rings. The average molecular weight is 222 g/mol. The quantitative estimate of drug-likeness (QED) is 0.850. The summed E-state index contributed by atoms with van der Waals surface area (Å²) in [5.74, 6) is 2.07. The van der Waals surface area contributed by atoms with Crippen molar-refractivity contribution in [2.45, 2.75) is 33.6 Å². The second kappa shape index (κ2) is 3.73. The Morgan fingerprint density at radius 3 is 2.40 bits per heavy atom. The zero-order chi connectivity index (χ0) is 11.0. The molecule has 0 bridgehead atoms. The number of hydrogen-bond donors (Lipinski definition) is 1. The Morgan fingerprint density at radius 2 is 1.93 bits per heavy atom. The van der Waals surface area contributed by atoms with E-state index in [2.05, 4.69) is 34.0 Å². The molecule has 0 aliphatic heterocycles. The highest BCUT2D eigenvalue weighted by Gasteiger charge is 2.13. The molecule has 15 heavy (non-hydrogen) atoms. The Kier molecular flexibility index (Phi) is 2.56. The third kappa shape index (κ3) is 1.92. The fourth-order valence-corrected chi connectivity index (χ4v) is 2.23. The summed E-state index contributed by atoms with van der Waals surface area (Å²) in [4.78, 5) is 9.89. The maximum atomic E-state index is 4.46. The lowest BCUT2D eigenvalue weighted by molar-refractivity contribution is 0.781. The van der Waals surface area contributed by atoms with Gasteiger partial charge >= 0.3 is 0 Å². The number of nitrogens with zero attached hydrogens (tertiary/aromatic N) is 3. The number of nitrogens with one attached hydrogen (secondary N) is 1. The predicted octanol–water partition coefficient (Wildman–Crippen LogP) is 2.67. The molecule has 2 aromatic heterocycles. The monoisotopic (exact) mass is 222 g/mol. The standard InChI is InChI=1S/C10H14N4S/c1-5(2)9-12-10(14-13-9)8-6(3)11-7(4)15-8/h5H,1-4H3,(H,12,13,14). The summed E-state index contributed by atoms with van der Waals surface area (Å²) in [6.07, 6.45) is 0. The van der Waals surface area contributed by atoms with E-state index < -0.39 is 0 Å². The molecular weight excluding hydrogens is 208 g/mol. The Bertz CT molecular complexity index is 469. The third-order valence-corrected chi connectivity index (χ3v) is 3.23. The van der Waals surface area contributed by atoms with Gasteiger partial charge in [-0.05, 0) is 13.8 Å². The van der Waals surface area contributed by atoms with Gasteiger partial charge in [0.05, 0.1) is 15.6 Å². The molecule has 0 saturated heterocycles. The second-order valence-corrected chi connectivity index (χ2v) is 5.05. The van der Waals surface area contributed by atoms with Gasteiger partial charge in [-0.15, -0.1) is 11.3 Å². The number of aromatic nitrogens is 4. The van der Waals surface area contributed by atoms with Gasteiger partial charge in [-0.2, -0.15) is 5.10 Å². The Balaban J connectivity index is 2.41. The number of rotatable bonds is 2. The largest absolute Gasteiger partial charge is 0.262 e. The number of thiazole rings is 1. The van der Waals surface area contributed by atoms with Crippen molar-refractivity contribution in [3.63, 3.8) is 0 Å². The summed E-state index contributed by atoms with van der Waals surface area (Å²) in [5, 5.41) is 8.23. The Labute approximate surface area is 92.8 Å². The smallest absolute Gasteiger partial charge is 0.193 e. The first kappa shape index (κ1) is 10.3. The first-order valence-corrected chi connectivity index (χ1v) is 5.76. The van der Waals surface area contributed by atoms with Crippen LogP contribution in [0, 0.1) is 13.8 Å². The molecule has 5 heteroatoms. The van der Waals surface area contributed by atoms with Crippen LogP contribution in [0.1, 0.15) is 36.3 Å². The van der Waals surface area contributed by atoms with Crippen LogP contribution in [0.4, 0.5) is 0 Å². The summed E-state index contributed by atoms with van der Waals surface area (Å²) in [7, 11) is 0. The van der Waals surface area contributed by atoms with Crippen LogP contribution in [0.2, 0.25) is 0 Å². The molecule has 0 aliphatic rings. The van der Waals surface area contributed by atoms with E-state index in [0.29, 0.717) is 5.92 Å². The average Bonchev–Trinajstić information content (AvgIpc) is 2.71. The summed E-state index contributed by atoms with van der Waals surface area (Å²) in [6.45, 7) is 8.17. The fourth-order valence-electron chi connectivity index (χ4n) is 1.37. The summed E-state index contributed by atoms with van der Waals surface area (Å²) < 4.78 is 0. The minimum Gasteiger partial charge on any atom is -0.262 e. The second-order valence-electron chi connectivity index (χ2n) is 3.85. The van der Waals surface area contributed by atoms with Gasteiger partial charge in [0.25, 0.3) is 0 Å². The van der Waals surface area contributed by atoms with E-state index in [1.807, 2.05) is 13.8 Å². The van der Waals surface area contributed by atoms with E-state index in [0.717, 1.165) is 27.2 Å². The number of aryl methyl sites for hydroxylation is 2. The minimum atomic E-state index is 0.376. The molecule has 0 saturated carbocycles. The van der Waals surface area contributed by atoms with Crippen molar-refractivity contribution < 1.29 is 0 Å². The molecule has 2 heterocycles. The molecule has 80 valence electrons. The normalized spacial score (nSPS) is 11.3. The lowest BCUT2D eigenvalue weighted by Gasteiger charge is -1.94. The zero-order valence-corrected chi connectivity index (χ0v) is 10.1. The van der Waals surface area contributed by atoms with Crippen LogP contribution in [0.5, 0.6) is 0 Å². The van der Waals surface area contributed by atoms with Gasteiger partial charge in [-0.3, -0.25) is 5.10 Å². The van der Waals surface area contributed by atoms with Crippen molar-refractivity contribution in [3.8, 4) is 10.7 Å². The molecule has 0 atom stereocenters. The van der Waals surface area contributed by atoms with Crippen molar-refractivity contribution in [2.75, 3.05) is 0 Å². The maximum absolute atomic E-state index is 4.46. The summed E-state index contributed by atoms with van der Waals surface area (Å²) >= 11 is 1.64. The van der Waals surface area contributed by atoms with E-state index in [1.54, 1.807) is 11.3 Å². The number of H-pyrrole nitrogens is 1. The zero-order valence-electron chi connectivity index (χ0n) is 9.33. The van der Waals surface area contributed by atoms with Gasteiger partial charge in [-0.1, -0.05) is 13.8 Å². The van der Waals surface area contributed by atoms with Gasteiger partial charge in [0, 0.05) is 5.92 Å². The molecular formula is C10H14N4S. The molecule has 0 aliphatic carbocycles. The first-order chi connectivity index (χ1) is 7.08. The van der Waals surface area contributed by atoms with Gasteiger partial charge in [-0.25, -0.2) is 9.97 Å². The van der Waals surface area contributed by atoms with Crippen LogP contribution in [0.15, 0.2) is 0 Å². The first-order valence-electron chi connectivity index (χ1n) is 4.94. The van der Waals surface area contributed by atoms with Crippen molar-refractivity contribution >= 4 is 11.3 Å². The molecule has 0 amide bonds. The highest BCUT2D eigenvalue weighted by molar-refractivity contribution is 7.15. The topological polar surface area (TPSA) is 54.5 Å². The molecule has 0 radical (unpaired) electrons. The van der Waals surface area contributed by atoms with Crippen molar-refractivity contribution in [1.29, 1.82) is 0 Å². The van der Waals surface area contributed by atoms with Crippen LogP contribution in [0.3, 0.4) is 0 Å². The Morgan fingerprint density at radius 1 is 1.20 bits per heavy atom. The van der Waals surface area contributed by atoms with Crippen molar-refractivity contribution in [2.24, 2.45) is 0 Å². The molecule has 4 nitrogen and oxygen atoms in total. The summed E-state index contributed by atoms with van der Waals surface area (Å²) in [6, 6.07) is 0. The van der Waals surface area contributed by atoms with E-state index in [1.165, 1.54) is 0 Å². The maximum Gasteiger partial charge on any atom is 0.193 e. The van der Waals surface area contributed by atoms with Gasteiger partial charge in [0.15, 0.2) is 5.82 Å². The van der Waals surface area contributed by atoms with Crippen LogP contribution in [0.25, 0.3) is 10.7 Å². The van der Waals surface area contributed by atoms with Gasteiger partial charge in [0.1, 0.15) is 5.82 Å². The van der Waals surface area contributed by atoms with Gasteiger partial charge in [0.2, 0.25) is 0 Å². The molecule has 0 unspecified atom stereocenters. The third-order valence-electron chi connectivity index (χ3n) is 2.16. The van der Waals surface area contributed by atoms with E-state index in [9.17, 15) is 0 Å². The lowest BCUT2D eigenvalue weighted by atomic mass is 10.2. The van der Waals surface area contributed by atoms with E-state index >= 15 is 0 Å². The molecule has 2 rings (SSSR count). The van der Waals surface area contributed by atoms with Crippen LogP contribution in [-0.2, 0) is 0 Å². The van der Waals surface area contributed by atoms with Crippen LogP contribution in [-0.4, -0.2) is 20.2 Å². The van der Waals surface area contributed by atoms with Crippen molar-refractivity contribution in [3.05, 3.63) is 16.5 Å². The number of aromatic amines is 1. The predicted molar refractivity (Wildman–Crippen MR) is 61.1 cm³/mol. The summed E-state index contributed by atoms with van der Waals surface area (Å²) in [5.41, 5.74) is 1.01. The minimum absolute atomic E-state index is 0.376. The molecule has 0 fully saturated rings. The highest BCUT2D eigenvalue weighted by atomic mass is 32.1. The Hall–Kier alpha value is -1.23. The molecule has 0 aromatic carbocycles. The highest BCUT2D eigenvalue weighted by Crippen LogP contribution is 2.27. The lowest BCUT2D eigenvalue weighted by Crippen LogP contribution is -1.89. The van der Waals surface area contributed by atoms with Crippen molar-refractivity contribution in [1.82, 2.24) is 20.2 Å². The van der Waals surface area contributed by atoms with E-state index in [-0.39, 0.29) is 0 Å². The molecule has 0 spiro atoms. The van der Waals surface area contributed by atoms with Crippen LogP contribution < -0.4 is 0 Å². The SMILES string of the molecule is Cc1nc(C)c(-c2n[nH]c(C(C)C)n2)s1. The van der Waals surface area contributed by atoms with Gasteiger partial charge < -0.3 is 0 Å². The fraction of sp³-hybridized carbons (Fsp3) is 0.500. The van der Waals surface area contributed by atoms with E-state index in [4.69, 9.17) is 0 Å². The number of hydrogen-bond acceptors (Lipinski definition) is 4.